The molecule has 0 N–H and O–H groups in total. The van der Waals surface area contributed by atoms with E-state index in [0.29, 0.717) is 5.92 Å². The molecule has 0 saturated heterocycles. The van der Waals surface area contributed by atoms with Crippen LogP contribution in [-0.4, -0.2) is 0 Å². The van der Waals surface area contributed by atoms with Gasteiger partial charge in [0.2, 0.25) is 0 Å². The van der Waals surface area contributed by atoms with Gasteiger partial charge >= 0.3 is 20.1 Å². The van der Waals surface area contributed by atoms with Crippen LogP contribution in [0.3, 0.4) is 0 Å². The maximum atomic E-state index is 2.30. The minimum absolute atomic E-state index is 0. The van der Waals surface area contributed by atoms with Crippen molar-refractivity contribution in [3.8, 4) is 0 Å². The zero-order valence-corrected chi connectivity index (χ0v) is 10.9. The summed E-state index contributed by atoms with van der Waals surface area (Å²) in [4.78, 5) is 0. The van der Waals surface area contributed by atoms with Gasteiger partial charge in [0.15, 0.2) is 0 Å². The first-order valence-corrected chi connectivity index (χ1v) is 5.15. The number of hydrogen-bond acceptors (Lipinski definition) is 0. The molecule has 0 nitrogen and oxygen atoms in total. The Labute approximate surface area is 99.8 Å². The predicted molar refractivity (Wildman–Crippen MR) is 57.5 cm³/mol. The summed E-state index contributed by atoms with van der Waals surface area (Å²) >= 11 is 0. The number of hydrogen-bond donors (Lipinski definition) is 0. The van der Waals surface area contributed by atoms with Crippen LogP contribution in [0, 0.1) is 5.92 Å². The molecule has 0 bridgehead atoms. The van der Waals surface area contributed by atoms with Gasteiger partial charge in [-0.15, -0.1) is 0 Å². The molecule has 0 fully saturated rings. The van der Waals surface area contributed by atoms with Crippen LogP contribution in [-0.2, 0) is 20.1 Å². The minimum atomic E-state index is 0. The van der Waals surface area contributed by atoms with Gasteiger partial charge in [0.25, 0.3) is 0 Å². The molecule has 14 heavy (non-hydrogen) atoms. The van der Waals surface area contributed by atoms with Gasteiger partial charge in [0.1, 0.15) is 0 Å². The molecule has 0 radical (unpaired) electrons. The van der Waals surface area contributed by atoms with Gasteiger partial charge in [-0.1, -0.05) is 49.0 Å². The van der Waals surface area contributed by atoms with Gasteiger partial charge in [0.05, 0.1) is 0 Å². The van der Waals surface area contributed by atoms with E-state index in [1.807, 2.05) is 0 Å². The van der Waals surface area contributed by atoms with Crippen molar-refractivity contribution in [2.24, 2.45) is 5.92 Å². The van der Waals surface area contributed by atoms with Crippen LogP contribution >= 0.6 is 0 Å². The predicted octanol–water partition coefficient (Wildman–Crippen LogP) is 3.78. The summed E-state index contributed by atoms with van der Waals surface area (Å²) in [6.45, 7) is 2.24. The molecule has 0 aromatic heterocycles. The Balaban J connectivity index is 0.000000980. The average Bonchev–Trinajstić information content (AvgIpc) is 2.70. The third-order valence-electron chi connectivity index (χ3n) is 2.84. The molecule has 0 atom stereocenters. The first-order valence-electron chi connectivity index (χ1n) is 5.15. The summed E-state index contributed by atoms with van der Waals surface area (Å²) < 4.78 is 0. The van der Waals surface area contributed by atoms with E-state index in [2.05, 4.69) is 43.4 Å². The van der Waals surface area contributed by atoms with Gasteiger partial charge in [-0.05, 0) is 24.8 Å². The third kappa shape index (κ3) is 2.34. The Bertz CT molecular complexity index is 293. The average molecular weight is 364 g/mol. The Morgan fingerprint density at radius 1 is 1.29 bits per heavy atom. The molecule has 0 aromatic rings. The fourth-order valence-corrected chi connectivity index (χ4v) is 2.12. The smallest absolute Gasteiger partial charge is 0.0839 e. The van der Waals surface area contributed by atoms with Crippen LogP contribution in [0.4, 0.5) is 0 Å². The van der Waals surface area contributed by atoms with E-state index in [1.165, 1.54) is 19.3 Å². The van der Waals surface area contributed by atoms with Crippen LogP contribution in [0.15, 0.2) is 47.6 Å². The molecular weight excluding hydrogens is 348 g/mol. The SMILES string of the molecule is CCC1=C(C2C=CC=C2)CCC=C1.[Ir+]. The van der Waals surface area contributed by atoms with E-state index in [0.717, 1.165) is 0 Å². The molecule has 0 saturated carbocycles. The molecule has 76 valence electrons. The summed E-state index contributed by atoms with van der Waals surface area (Å²) in [5.74, 6) is 0.597. The molecular formula is C13H16Ir+. The van der Waals surface area contributed by atoms with Crippen molar-refractivity contribution in [3.63, 3.8) is 0 Å². The molecule has 0 heterocycles. The quantitative estimate of drug-likeness (QED) is 0.699. The van der Waals surface area contributed by atoms with Crippen molar-refractivity contribution in [2.45, 2.75) is 26.2 Å². The van der Waals surface area contributed by atoms with Crippen molar-refractivity contribution < 1.29 is 20.1 Å². The molecule has 0 amide bonds. The van der Waals surface area contributed by atoms with Crippen LogP contribution in [0.2, 0.25) is 0 Å². The first-order chi connectivity index (χ1) is 6.42. The largest absolute Gasteiger partial charge is 1.00 e. The van der Waals surface area contributed by atoms with Gasteiger partial charge in [0, 0.05) is 5.92 Å². The van der Waals surface area contributed by atoms with Crippen LogP contribution in [0.25, 0.3) is 0 Å². The molecule has 2 aliphatic carbocycles. The van der Waals surface area contributed by atoms with Crippen molar-refractivity contribution in [2.75, 3.05) is 0 Å². The Kier molecular flexibility index (Phi) is 4.57. The van der Waals surface area contributed by atoms with Crippen molar-refractivity contribution in [1.29, 1.82) is 0 Å². The van der Waals surface area contributed by atoms with Crippen LogP contribution < -0.4 is 0 Å². The van der Waals surface area contributed by atoms with E-state index in [4.69, 9.17) is 0 Å². The van der Waals surface area contributed by atoms with Gasteiger partial charge < -0.3 is 0 Å². The Hall–Kier alpha value is -0.391. The maximum Gasteiger partial charge on any atom is 1.00 e. The summed E-state index contributed by atoms with van der Waals surface area (Å²) in [6, 6.07) is 0. The molecule has 0 spiro atoms. The molecule has 1 heteroatoms. The third-order valence-corrected chi connectivity index (χ3v) is 2.84. The summed E-state index contributed by atoms with van der Waals surface area (Å²) in [6.07, 6.45) is 17.1. The van der Waals surface area contributed by atoms with E-state index in [1.54, 1.807) is 11.1 Å². The van der Waals surface area contributed by atoms with E-state index in [9.17, 15) is 0 Å². The van der Waals surface area contributed by atoms with E-state index >= 15 is 0 Å². The fraction of sp³-hybridized carbons (Fsp3) is 0.385. The monoisotopic (exact) mass is 365 g/mol. The second-order valence-electron chi connectivity index (χ2n) is 3.64. The zero-order chi connectivity index (χ0) is 9.10. The molecule has 0 aliphatic heterocycles. The number of allylic oxidation sites excluding steroid dienone is 8. The van der Waals surface area contributed by atoms with Crippen molar-refractivity contribution in [1.82, 2.24) is 0 Å². The summed E-state index contributed by atoms with van der Waals surface area (Å²) in [7, 11) is 0. The summed E-state index contributed by atoms with van der Waals surface area (Å²) in [5, 5.41) is 0. The molecule has 2 aliphatic rings. The summed E-state index contributed by atoms with van der Waals surface area (Å²) in [5.41, 5.74) is 3.18. The topological polar surface area (TPSA) is 0 Å². The zero-order valence-electron chi connectivity index (χ0n) is 8.50. The molecule has 0 aromatic carbocycles. The second-order valence-corrected chi connectivity index (χ2v) is 3.64. The number of rotatable bonds is 2. The van der Waals surface area contributed by atoms with Gasteiger partial charge in [-0.3, -0.25) is 0 Å². The van der Waals surface area contributed by atoms with Gasteiger partial charge in [-0.25, -0.2) is 0 Å². The van der Waals surface area contributed by atoms with Crippen molar-refractivity contribution >= 4 is 0 Å². The van der Waals surface area contributed by atoms with Gasteiger partial charge in [-0.2, -0.15) is 0 Å². The fourth-order valence-electron chi connectivity index (χ4n) is 2.12. The van der Waals surface area contributed by atoms with Crippen molar-refractivity contribution in [3.05, 3.63) is 47.6 Å². The molecule has 2 rings (SSSR count). The first kappa shape index (κ1) is 11.7. The molecule has 0 unspecified atom stereocenters. The van der Waals surface area contributed by atoms with Crippen LogP contribution in [0.5, 0.6) is 0 Å². The van der Waals surface area contributed by atoms with Crippen LogP contribution in [0.1, 0.15) is 26.2 Å². The maximum absolute atomic E-state index is 2.30. The Morgan fingerprint density at radius 3 is 2.64 bits per heavy atom. The normalized spacial score (nSPS) is 20.4. The van der Waals surface area contributed by atoms with E-state index in [-0.39, 0.29) is 20.1 Å². The standard InChI is InChI=1S/C13H16.Ir/c1-2-11-7-5-6-10-13(11)12-8-3-4-9-12;/h3-5,7-9,12H,2,6,10H2,1H3;/q;+1. The minimum Gasteiger partial charge on any atom is -0.0839 e. The second kappa shape index (κ2) is 5.48. The van der Waals surface area contributed by atoms with E-state index < -0.39 is 0 Å². The Morgan fingerprint density at radius 2 is 2.00 bits per heavy atom.